The van der Waals surface area contributed by atoms with E-state index in [-0.39, 0.29) is 5.92 Å². The first-order chi connectivity index (χ1) is 12.7. The number of benzene rings is 3. The van der Waals surface area contributed by atoms with E-state index in [9.17, 15) is 10.4 Å². The molecule has 4 aromatic rings. The molecule has 1 heterocycles. The van der Waals surface area contributed by atoms with E-state index in [1.807, 2.05) is 42.5 Å². The predicted octanol–water partition coefficient (Wildman–Crippen LogP) is 4.50. The molecule has 1 fully saturated rings. The number of hydrogen-bond donors (Lipinski definition) is 1. The van der Waals surface area contributed by atoms with Gasteiger partial charge in [-0.2, -0.15) is 0 Å². The molecule has 128 valence electrons. The first-order valence-corrected chi connectivity index (χ1v) is 9.19. The Hall–Kier alpha value is -3.01. The van der Waals surface area contributed by atoms with Gasteiger partial charge in [0.1, 0.15) is 0 Å². The number of allylic oxidation sites excluding steroid dienone is 2. The monoisotopic (exact) mass is 342 g/mol. The van der Waals surface area contributed by atoms with Crippen LogP contribution in [0.25, 0.3) is 32.6 Å². The average Bonchev–Trinajstić information content (AvgIpc) is 3.36. The van der Waals surface area contributed by atoms with Crippen molar-refractivity contribution < 1.29 is 9.94 Å². The Bertz CT molecular complexity index is 1160. The first kappa shape index (κ1) is 14.2. The zero-order valence-electron chi connectivity index (χ0n) is 14.2. The molecule has 4 heteroatoms. The molecule has 0 radical (unpaired) electrons. The van der Waals surface area contributed by atoms with Gasteiger partial charge < -0.3 is 10.4 Å². The third-order valence-electron chi connectivity index (χ3n) is 6.33. The van der Waals surface area contributed by atoms with Crippen molar-refractivity contribution in [3.8, 4) is 0 Å². The summed E-state index contributed by atoms with van der Waals surface area (Å²) in [6.45, 7) is 0. The van der Waals surface area contributed by atoms with Gasteiger partial charge >= 0.3 is 5.82 Å². The summed E-state index contributed by atoms with van der Waals surface area (Å²) in [5.74, 6) is 1.46. The van der Waals surface area contributed by atoms with E-state index in [4.69, 9.17) is 0 Å². The van der Waals surface area contributed by atoms with Crippen LogP contribution in [-0.4, -0.2) is 9.94 Å². The third-order valence-corrected chi connectivity index (χ3v) is 6.33. The molecule has 1 saturated carbocycles. The summed E-state index contributed by atoms with van der Waals surface area (Å²) >= 11 is 0. The molecule has 0 unspecified atom stereocenters. The van der Waals surface area contributed by atoms with Crippen LogP contribution in [-0.2, 0) is 0 Å². The highest BCUT2D eigenvalue weighted by Crippen LogP contribution is 2.49. The standard InChI is InChI=1S/C22H18N2O2/c25-23-20-17-7-3-1-5-15(17)16-6-2-4-8-18(16)21(20)24(26)22(23)19-12-13-9-10-14(19)11-13/h1-10,13-14,19,25H,11-12H2/t13-,14-,19+/m0/s1. The Kier molecular flexibility index (Phi) is 2.61. The number of fused-ring (bicyclic) bond motifs is 8. The Morgan fingerprint density at radius 2 is 1.54 bits per heavy atom. The summed E-state index contributed by atoms with van der Waals surface area (Å²) < 4.78 is 2.17. The van der Waals surface area contributed by atoms with E-state index in [1.54, 1.807) is 0 Å². The van der Waals surface area contributed by atoms with Crippen molar-refractivity contribution in [1.29, 1.82) is 0 Å². The van der Waals surface area contributed by atoms with Crippen molar-refractivity contribution in [1.82, 2.24) is 4.73 Å². The lowest BCUT2D eigenvalue weighted by Gasteiger charge is -2.16. The highest BCUT2D eigenvalue weighted by molar-refractivity contribution is 6.22. The Morgan fingerprint density at radius 1 is 0.885 bits per heavy atom. The molecule has 2 aliphatic carbocycles. The van der Waals surface area contributed by atoms with Gasteiger partial charge in [-0.1, -0.05) is 48.6 Å². The van der Waals surface area contributed by atoms with Crippen molar-refractivity contribution in [2.24, 2.45) is 11.8 Å². The minimum Gasteiger partial charge on any atom is -0.710 e. The van der Waals surface area contributed by atoms with Crippen molar-refractivity contribution in [2.45, 2.75) is 18.8 Å². The normalized spacial score (nSPS) is 24.4. The minimum atomic E-state index is 0.0809. The Morgan fingerprint density at radius 3 is 2.19 bits per heavy atom. The highest BCUT2D eigenvalue weighted by atomic mass is 16.5. The summed E-state index contributed by atoms with van der Waals surface area (Å²) in [5, 5.41) is 28.4. The molecule has 0 spiro atoms. The second kappa shape index (κ2) is 4.79. The number of aromatic nitrogens is 2. The maximum Gasteiger partial charge on any atom is 0.304 e. The molecule has 2 aliphatic rings. The largest absolute Gasteiger partial charge is 0.710 e. The maximum atomic E-state index is 13.4. The molecule has 1 N–H and O–H groups in total. The van der Waals surface area contributed by atoms with Gasteiger partial charge in [-0.05, 0) is 52.3 Å². The van der Waals surface area contributed by atoms with Crippen molar-refractivity contribution in [3.05, 3.63) is 71.7 Å². The molecular formula is C22H18N2O2. The fourth-order valence-corrected chi connectivity index (χ4v) is 5.22. The number of hydrogen-bond acceptors (Lipinski definition) is 2. The summed E-state index contributed by atoms with van der Waals surface area (Å²) in [4.78, 5) is 0. The van der Waals surface area contributed by atoms with Crippen LogP contribution in [0.2, 0.25) is 0 Å². The zero-order chi connectivity index (χ0) is 17.4. The van der Waals surface area contributed by atoms with Crippen LogP contribution in [0.4, 0.5) is 0 Å². The van der Waals surface area contributed by atoms with Crippen LogP contribution in [0.1, 0.15) is 24.6 Å². The maximum absolute atomic E-state index is 13.4. The summed E-state index contributed by atoms with van der Waals surface area (Å²) in [7, 11) is 0. The molecule has 0 saturated heterocycles. The lowest BCUT2D eigenvalue weighted by atomic mass is 9.93. The van der Waals surface area contributed by atoms with E-state index >= 15 is 0 Å². The second-order valence-corrected chi connectivity index (χ2v) is 7.64. The predicted molar refractivity (Wildman–Crippen MR) is 101 cm³/mol. The van der Waals surface area contributed by atoms with Gasteiger partial charge in [-0.25, -0.2) is 4.73 Å². The fraction of sp³-hybridized carbons (Fsp3) is 0.227. The van der Waals surface area contributed by atoms with Crippen molar-refractivity contribution >= 4 is 32.6 Å². The molecule has 26 heavy (non-hydrogen) atoms. The van der Waals surface area contributed by atoms with Crippen LogP contribution < -0.4 is 4.73 Å². The topological polar surface area (TPSA) is 52.1 Å². The molecule has 0 amide bonds. The van der Waals surface area contributed by atoms with Gasteiger partial charge in [0.25, 0.3) is 0 Å². The fourth-order valence-electron chi connectivity index (χ4n) is 5.22. The molecule has 6 rings (SSSR count). The Balaban J connectivity index is 1.80. The molecule has 4 nitrogen and oxygen atoms in total. The second-order valence-electron chi connectivity index (χ2n) is 7.64. The van der Waals surface area contributed by atoms with Gasteiger partial charge in [0.05, 0.1) is 5.92 Å². The van der Waals surface area contributed by atoms with Gasteiger partial charge in [-0.15, -0.1) is 0 Å². The number of rotatable bonds is 1. The van der Waals surface area contributed by atoms with Gasteiger partial charge in [-0.3, -0.25) is 0 Å². The third kappa shape index (κ3) is 1.62. The summed E-state index contributed by atoms with van der Waals surface area (Å²) in [5.41, 5.74) is 1.19. The quantitative estimate of drug-likeness (QED) is 0.182. The lowest BCUT2D eigenvalue weighted by Crippen LogP contribution is -2.34. The van der Waals surface area contributed by atoms with E-state index in [0.717, 1.165) is 39.1 Å². The molecule has 0 aliphatic heterocycles. The molecule has 2 bridgehead atoms. The number of nitrogens with zero attached hydrogens (tertiary/aromatic N) is 2. The minimum absolute atomic E-state index is 0.0809. The van der Waals surface area contributed by atoms with E-state index in [1.165, 1.54) is 4.73 Å². The van der Waals surface area contributed by atoms with Crippen LogP contribution in [0.5, 0.6) is 0 Å². The molecule has 1 aromatic heterocycles. The molecule has 3 aromatic carbocycles. The Labute approximate surface area is 150 Å². The van der Waals surface area contributed by atoms with Gasteiger partial charge in [0, 0.05) is 10.8 Å². The smallest absolute Gasteiger partial charge is 0.304 e. The van der Waals surface area contributed by atoms with E-state index in [0.29, 0.717) is 28.7 Å². The zero-order valence-corrected chi connectivity index (χ0v) is 14.2. The van der Waals surface area contributed by atoms with Crippen LogP contribution in [0.3, 0.4) is 0 Å². The molecular weight excluding hydrogens is 324 g/mol. The van der Waals surface area contributed by atoms with Crippen LogP contribution >= 0.6 is 0 Å². The molecule has 3 atom stereocenters. The first-order valence-electron chi connectivity index (χ1n) is 9.19. The lowest BCUT2D eigenvalue weighted by molar-refractivity contribution is -0.590. The van der Waals surface area contributed by atoms with Gasteiger partial charge in [0.2, 0.25) is 5.52 Å². The van der Waals surface area contributed by atoms with Crippen molar-refractivity contribution in [2.75, 3.05) is 0 Å². The van der Waals surface area contributed by atoms with Crippen LogP contribution in [0.15, 0.2) is 60.7 Å². The number of imidazole rings is 1. The van der Waals surface area contributed by atoms with Gasteiger partial charge in [0.15, 0.2) is 5.52 Å². The highest BCUT2D eigenvalue weighted by Gasteiger charge is 2.44. The summed E-state index contributed by atoms with van der Waals surface area (Å²) in [6.07, 6.45) is 6.50. The average molecular weight is 342 g/mol. The van der Waals surface area contributed by atoms with Crippen molar-refractivity contribution in [3.63, 3.8) is 0 Å². The van der Waals surface area contributed by atoms with E-state index in [2.05, 4.69) is 18.2 Å². The SMILES string of the molecule is [O-][n+]1c([C@@H]2C[C@H]3C=C[C@H]2C3)n(O)c2c3ccccc3c3ccccc3c21. The van der Waals surface area contributed by atoms with Crippen LogP contribution in [0, 0.1) is 17.0 Å². The summed E-state index contributed by atoms with van der Waals surface area (Å²) in [6, 6.07) is 16.0. The van der Waals surface area contributed by atoms with E-state index < -0.39 is 0 Å².